The zero-order valence-corrected chi connectivity index (χ0v) is 11.0. The van der Waals surface area contributed by atoms with Gasteiger partial charge in [0.25, 0.3) is 0 Å². The summed E-state index contributed by atoms with van der Waals surface area (Å²) in [4.78, 5) is -0.207. The number of aliphatic hydroxyl groups excluding tert-OH is 1. The molecule has 1 rings (SSSR count). The predicted molar refractivity (Wildman–Crippen MR) is 63.1 cm³/mol. The Morgan fingerprint density at radius 2 is 1.74 bits per heavy atom. The molecule has 0 spiro atoms. The average Bonchev–Trinajstić information content (AvgIpc) is 2.28. The Morgan fingerprint density at radius 3 is 2.16 bits per heavy atom. The highest BCUT2D eigenvalue weighted by molar-refractivity contribution is 7.89. The van der Waals surface area contributed by atoms with E-state index in [0.29, 0.717) is 12.0 Å². The van der Waals surface area contributed by atoms with Gasteiger partial charge in [-0.1, -0.05) is 12.1 Å². The molecule has 0 amide bonds. The fraction of sp³-hybridized carbons (Fsp3) is 0.455. The molecule has 0 atom stereocenters. The van der Waals surface area contributed by atoms with E-state index in [2.05, 4.69) is 0 Å². The zero-order valence-electron chi connectivity index (χ0n) is 10.2. The van der Waals surface area contributed by atoms with Crippen LogP contribution in [0.1, 0.15) is 5.56 Å². The lowest BCUT2D eigenvalue weighted by Gasteiger charge is -2.18. The van der Waals surface area contributed by atoms with Gasteiger partial charge in [0.15, 0.2) is 0 Å². The van der Waals surface area contributed by atoms with Gasteiger partial charge in [-0.15, -0.1) is 0 Å². The van der Waals surface area contributed by atoms with E-state index in [1.54, 1.807) is 0 Å². The Hall–Kier alpha value is -1.12. The van der Waals surface area contributed by atoms with Gasteiger partial charge in [0.2, 0.25) is 10.0 Å². The van der Waals surface area contributed by atoms with Gasteiger partial charge < -0.3 is 5.11 Å². The van der Waals surface area contributed by atoms with Crippen LogP contribution in [0.5, 0.6) is 0 Å². The van der Waals surface area contributed by atoms with Crippen molar-refractivity contribution in [2.45, 2.75) is 17.5 Å². The third-order valence-corrected chi connectivity index (χ3v) is 4.25. The maximum absolute atomic E-state index is 12.2. The molecule has 1 N–H and O–H groups in total. The fourth-order valence-corrected chi connectivity index (χ4v) is 2.63. The van der Waals surface area contributed by atoms with Crippen molar-refractivity contribution in [1.82, 2.24) is 4.31 Å². The summed E-state index contributed by atoms with van der Waals surface area (Å²) in [6.45, 7) is -1.62. The summed E-state index contributed by atoms with van der Waals surface area (Å²) in [5, 5.41) is 8.71. The predicted octanol–water partition coefficient (Wildman–Crippen LogP) is 1.40. The summed E-state index contributed by atoms with van der Waals surface area (Å²) in [5.41, 5.74) is 0.708. The van der Waals surface area contributed by atoms with Crippen LogP contribution in [0.25, 0.3) is 0 Å². The number of rotatable bonds is 5. The summed E-state index contributed by atoms with van der Waals surface area (Å²) in [6.07, 6.45) is -4.22. The van der Waals surface area contributed by atoms with E-state index >= 15 is 0 Å². The lowest BCUT2D eigenvalue weighted by molar-refractivity contribution is -0.134. The molecule has 4 nitrogen and oxygen atoms in total. The molecule has 0 saturated carbocycles. The smallest absolute Gasteiger partial charge is 0.396 e. The number of nitrogens with zero attached hydrogens (tertiary/aromatic N) is 1. The van der Waals surface area contributed by atoms with Gasteiger partial charge in [0, 0.05) is 13.7 Å². The summed E-state index contributed by atoms with van der Waals surface area (Å²) in [6, 6.07) is 5.38. The van der Waals surface area contributed by atoms with Gasteiger partial charge in [-0.05, 0) is 24.1 Å². The van der Waals surface area contributed by atoms with Crippen LogP contribution >= 0.6 is 0 Å². The number of hydrogen-bond donors (Lipinski definition) is 1. The number of aliphatic hydroxyl groups is 1. The quantitative estimate of drug-likeness (QED) is 0.894. The van der Waals surface area contributed by atoms with Crippen LogP contribution in [-0.4, -0.2) is 44.2 Å². The van der Waals surface area contributed by atoms with Crippen molar-refractivity contribution in [2.75, 3.05) is 20.2 Å². The van der Waals surface area contributed by atoms with Gasteiger partial charge in [-0.3, -0.25) is 0 Å². The van der Waals surface area contributed by atoms with Crippen molar-refractivity contribution in [3.05, 3.63) is 29.8 Å². The van der Waals surface area contributed by atoms with Crippen molar-refractivity contribution in [3.63, 3.8) is 0 Å². The number of halogens is 3. The molecule has 108 valence electrons. The Morgan fingerprint density at radius 1 is 1.21 bits per heavy atom. The molecule has 0 aromatic heterocycles. The summed E-state index contributed by atoms with van der Waals surface area (Å²) in [7, 11) is -3.27. The van der Waals surface area contributed by atoms with E-state index < -0.39 is 22.7 Å². The molecule has 0 aliphatic rings. The second-order valence-corrected chi connectivity index (χ2v) is 6.04. The minimum atomic E-state index is -4.58. The topological polar surface area (TPSA) is 57.6 Å². The molecule has 0 aliphatic heterocycles. The van der Waals surface area contributed by atoms with E-state index in [1.165, 1.54) is 24.3 Å². The molecule has 0 unspecified atom stereocenters. The highest BCUT2D eigenvalue weighted by atomic mass is 32.2. The van der Waals surface area contributed by atoms with Crippen LogP contribution in [0.3, 0.4) is 0 Å². The molecule has 8 heteroatoms. The maximum Gasteiger partial charge on any atom is 0.402 e. The Balaban J connectivity index is 2.93. The van der Waals surface area contributed by atoms with Gasteiger partial charge in [-0.2, -0.15) is 17.5 Å². The SMILES string of the molecule is CN(CC(F)(F)F)S(=O)(=O)c1ccc(CCO)cc1. The summed E-state index contributed by atoms with van der Waals surface area (Å²) >= 11 is 0. The standard InChI is InChI=1S/C11H14F3NO3S/c1-15(8-11(12,13)14)19(17,18)10-4-2-9(3-5-10)6-7-16/h2-5,16H,6-8H2,1H3. The second kappa shape index (κ2) is 5.89. The Labute approximate surface area is 109 Å². The fourth-order valence-electron chi connectivity index (χ4n) is 1.47. The van der Waals surface area contributed by atoms with E-state index in [4.69, 9.17) is 5.11 Å². The van der Waals surface area contributed by atoms with E-state index in [0.717, 1.165) is 7.05 Å². The summed E-state index contributed by atoms with van der Waals surface area (Å²) < 4.78 is 60.5. The molecule has 0 bridgehead atoms. The molecule has 0 fully saturated rings. The van der Waals surface area contributed by atoms with Gasteiger partial charge in [-0.25, -0.2) is 8.42 Å². The third kappa shape index (κ3) is 4.48. The first-order valence-electron chi connectivity index (χ1n) is 5.40. The minimum Gasteiger partial charge on any atom is -0.396 e. The Kier molecular flexibility index (Phi) is 4.94. The van der Waals surface area contributed by atoms with Gasteiger partial charge in [0.1, 0.15) is 6.54 Å². The molecular formula is C11H14F3NO3S. The van der Waals surface area contributed by atoms with Crippen LogP contribution in [0.2, 0.25) is 0 Å². The van der Waals surface area contributed by atoms with E-state index in [1.807, 2.05) is 0 Å². The lowest BCUT2D eigenvalue weighted by Crippen LogP contribution is -2.35. The van der Waals surface area contributed by atoms with Crippen LogP contribution in [0.15, 0.2) is 29.2 Å². The van der Waals surface area contributed by atoms with Gasteiger partial charge in [0.05, 0.1) is 4.90 Å². The number of alkyl halides is 3. The molecule has 1 aromatic carbocycles. The lowest BCUT2D eigenvalue weighted by atomic mass is 10.2. The highest BCUT2D eigenvalue weighted by Crippen LogP contribution is 2.21. The van der Waals surface area contributed by atoms with E-state index in [-0.39, 0.29) is 15.8 Å². The van der Waals surface area contributed by atoms with Crippen LogP contribution in [0, 0.1) is 0 Å². The molecule has 0 heterocycles. The average molecular weight is 297 g/mol. The molecule has 0 saturated heterocycles. The highest BCUT2D eigenvalue weighted by Gasteiger charge is 2.34. The summed E-state index contributed by atoms with van der Waals surface area (Å²) in [5.74, 6) is 0. The normalized spacial score (nSPS) is 12.9. The first-order chi connectivity index (χ1) is 8.66. The van der Waals surface area contributed by atoms with Crippen LogP contribution < -0.4 is 0 Å². The molecule has 0 radical (unpaired) electrons. The first kappa shape index (κ1) is 15.9. The molecule has 19 heavy (non-hydrogen) atoms. The van der Waals surface area contributed by atoms with Gasteiger partial charge >= 0.3 is 6.18 Å². The number of hydrogen-bond acceptors (Lipinski definition) is 3. The van der Waals surface area contributed by atoms with Crippen molar-refractivity contribution < 1.29 is 26.7 Å². The monoisotopic (exact) mass is 297 g/mol. The number of benzene rings is 1. The molecular weight excluding hydrogens is 283 g/mol. The molecule has 1 aromatic rings. The largest absolute Gasteiger partial charge is 0.402 e. The van der Waals surface area contributed by atoms with Crippen LogP contribution in [-0.2, 0) is 16.4 Å². The zero-order chi connectivity index (χ0) is 14.7. The van der Waals surface area contributed by atoms with E-state index in [9.17, 15) is 21.6 Å². The van der Waals surface area contributed by atoms with Crippen molar-refractivity contribution >= 4 is 10.0 Å². The third-order valence-electron chi connectivity index (χ3n) is 2.43. The Bertz CT molecular complexity index is 511. The first-order valence-corrected chi connectivity index (χ1v) is 6.84. The van der Waals surface area contributed by atoms with Crippen molar-refractivity contribution in [2.24, 2.45) is 0 Å². The maximum atomic E-state index is 12.2. The van der Waals surface area contributed by atoms with Crippen molar-refractivity contribution in [1.29, 1.82) is 0 Å². The number of sulfonamides is 1. The minimum absolute atomic E-state index is 0.0833. The van der Waals surface area contributed by atoms with Crippen molar-refractivity contribution in [3.8, 4) is 0 Å². The van der Waals surface area contributed by atoms with Crippen LogP contribution in [0.4, 0.5) is 13.2 Å². The molecule has 0 aliphatic carbocycles. The second-order valence-electron chi connectivity index (χ2n) is 3.99.